The van der Waals surface area contributed by atoms with Crippen LogP contribution in [-0.2, 0) is 4.74 Å². The summed E-state index contributed by atoms with van der Waals surface area (Å²) in [7, 11) is 1.41. The number of esters is 1. The number of benzene rings is 1. The summed E-state index contributed by atoms with van der Waals surface area (Å²) in [6, 6.07) is 6.10. The quantitative estimate of drug-likeness (QED) is 0.689. The molecule has 1 heterocycles. The van der Waals surface area contributed by atoms with E-state index in [9.17, 15) is 4.79 Å². The molecule has 0 aliphatic rings. The Morgan fingerprint density at radius 3 is 2.53 bits per heavy atom. The van der Waals surface area contributed by atoms with E-state index < -0.39 is 0 Å². The van der Waals surface area contributed by atoms with Crippen LogP contribution in [0.15, 0.2) is 18.2 Å². The third-order valence-corrected chi connectivity index (χ3v) is 3.60. The summed E-state index contributed by atoms with van der Waals surface area (Å²) in [6.07, 6.45) is 0. The summed E-state index contributed by atoms with van der Waals surface area (Å²) in [6.45, 7) is 4.15. The molecule has 0 atom stereocenters. The van der Waals surface area contributed by atoms with Crippen molar-refractivity contribution in [3.63, 3.8) is 0 Å². The smallest absolute Gasteiger partial charge is 0.348 e. The van der Waals surface area contributed by atoms with Crippen molar-refractivity contribution in [2.24, 2.45) is 0 Å². The highest BCUT2D eigenvalue weighted by molar-refractivity contribution is 7.20. The molecule has 0 aliphatic carbocycles. The van der Waals surface area contributed by atoms with Gasteiger partial charge in [-0.3, -0.25) is 0 Å². The van der Waals surface area contributed by atoms with Crippen LogP contribution in [0.3, 0.4) is 0 Å². The zero-order valence-electron chi connectivity index (χ0n) is 8.96. The van der Waals surface area contributed by atoms with Crippen LogP contribution < -0.4 is 0 Å². The van der Waals surface area contributed by atoms with Gasteiger partial charge in [-0.05, 0) is 42.5 Å². The minimum atomic E-state index is -0.258. The van der Waals surface area contributed by atoms with Crippen molar-refractivity contribution in [3.05, 3.63) is 34.2 Å². The number of methoxy groups -OCH3 is 1. The van der Waals surface area contributed by atoms with E-state index in [2.05, 4.69) is 26.0 Å². The number of hydrogen-bond donors (Lipinski definition) is 0. The number of thiophene rings is 1. The van der Waals surface area contributed by atoms with Crippen molar-refractivity contribution in [2.75, 3.05) is 7.11 Å². The maximum atomic E-state index is 11.3. The average molecular weight is 220 g/mol. The molecule has 78 valence electrons. The van der Waals surface area contributed by atoms with Crippen LogP contribution in [0.5, 0.6) is 0 Å². The molecule has 0 unspecified atom stereocenters. The second-order valence-corrected chi connectivity index (χ2v) is 4.66. The van der Waals surface area contributed by atoms with Gasteiger partial charge in [-0.15, -0.1) is 11.3 Å². The summed E-state index contributed by atoms with van der Waals surface area (Å²) < 4.78 is 5.84. The zero-order chi connectivity index (χ0) is 11.0. The van der Waals surface area contributed by atoms with Gasteiger partial charge in [0.05, 0.1) is 7.11 Å². The Hall–Kier alpha value is -1.35. The normalized spacial score (nSPS) is 10.6. The van der Waals surface area contributed by atoms with Gasteiger partial charge in [0.2, 0.25) is 0 Å². The van der Waals surface area contributed by atoms with Crippen LogP contribution in [-0.4, -0.2) is 13.1 Å². The van der Waals surface area contributed by atoms with Crippen molar-refractivity contribution < 1.29 is 9.53 Å². The molecule has 0 saturated carbocycles. The number of rotatable bonds is 1. The van der Waals surface area contributed by atoms with Crippen molar-refractivity contribution >= 4 is 27.4 Å². The molecule has 2 aromatic rings. The van der Waals surface area contributed by atoms with Gasteiger partial charge in [-0.25, -0.2) is 4.79 Å². The van der Waals surface area contributed by atoms with Crippen LogP contribution in [0.1, 0.15) is 20.8 Å². The Kier molecular flexibility index (Phi) is 2.49. The molecule has 2 rings (SSSR count). The van der Waals surface area contributed by atoms with Gasteiger partial charge < -0.3 is 4.74 Å². The van der Waals surface area contributed by atoms with Crippen molar-refractivity contribution in [3.8, 4) is 0 Å². The van der Waals surface area contributed by atoms with Gasteiger partial charge in [0.1, 0.15) is 4.88 Å². The van der Waals surface area contributed by atoms with Crippen molar-refractivity contribution in [1.82, 2.24) is 0 Å². The number of carbonyl (C=O) groups is 1. The fourth-order valence-corrected chi connectivity index (χ4v) is 2.56. The van der Waals surface area contributed by atoms with Gasteiger partial charge >= 0.3 is 5.97 Å². The fraction of sp³-hybridized carbons (Fsp3) is 0.250. The van der Waals surface area contributed by atoms with Gasteiger partial charge in [-0.2, -0.15) is 0 Å². The number of fused-ring (bicyclic) bond motifs is 1. The highest BCUT2D eigenvalue weighted by Gasteiger charge is 2.10. The van der Waals surface area contributed by atoms with Crippen molar-refractivity contribution in [1.29, 1.82) is 0 Å². The van der Waals surface area contributed by atoms with E-state index in [0.29, 0.717) is 4.88 Å². The minimum Gasteiger partial charge on any atom is -0.465 e. The van der Waals surface area contributed by atoms with E-state index in [4.69, 9.17) is 4.74 Å². The molecule has 0 saturated heterocycles. The Labute approximate surface area is 92.5 Å². The molecule has 0 bridgehead atoms. The van der Waals surface area contributed by atoms with E-state index >= 15 is 0 Å². The largest absolute Gasteiger partial charge is 0.465 e. The second kappa shape index (κ2) is 3.66. The molecular weight excluding hydrogens is 208 g/mol. The highest BCUT2D eigenvalue weighted by atomic mass is 32.1. The summed E-state index contributed by atoms with van der Waals surface area (Å²) in [5.41, 5.74) is 2.50. The maximum absolute atomic E-state index is 11.3. The van der Waals surface area contributed by atoms with Gasteiger partial charge in [0, 0.05) is 4.70 Å². The molecule has 0 aliphatic heterocycles. The first-order chi connectivity index (χ1) is 7.11. The van der Waals surface area contributed by atoms with E-state index in [0.717, 1.165) is 10.1 Å². The van der Waals surface area contributed by atoms with E-state index in [-0.39, 0.29) is 5.97 Å². The molecule has 0 radical (unpaired) electrons. The summed E-state index contributed by atoms with van der Waals surface area (Å²) >= 11 is 1.48. The minimum absolute atomic E-state index is 0.258. The molecule has 1 aromatic carbocycles. The highest BCUT2D eigenvalue weighted by Crippen LogP contribution is 2.28. The van der Waals surface area contributed by atoms with Gasteiger partial charge in [0.15, 0.2) is 0 Å². The van der Waals surface area contributed by atoms with E-state index in [1.807, 2.05) is 6.07 Å². The predicted octanol–water partition coefficient (Wildman–Crippen LogP) is 3.30. The van der Waals surface area contributed by atoms with Crippen LogP contribution >= 0.6 is 11.3 Å². The summed E-state index contributed by atoms with van der Waals surface area (Å²) in [4.78, 5) is 12.0. The Bertz CT molecular complexity index is 487. The molecule has 0 fully saturated rings. The molecule has 0 spiro atoms. The molecular formula is C12H12O2S. The lowest BCUT2D eigenvalue weighted by Crippen LogP contribution is -1.96. The summed E-state index contributed by atoms with van der Waals surface area (Å²) in [5, 5.41) is 1.11. The van der Waals surface area contributed by atoms with E-state index in [1.54, 1.807) is 0 Å². The number of carbonyl (C=O) groups excluding carboxylic acids is 1. The van der Waals surface area contributed by atoms with Crippen LogP contribution in [0, 0.1) is 13.8 Å². The first-order valence-electron chi connectivity index (χ1n) is 4.71. The number of aryl methyl sites for hydroxylation is 2. The first kappa shape index (κ1) is 10.2. The Morgan fingerprint density at radius 1 is 1.20 bits per heavy atom. The topological polar surface area (TPSA) is 26.3 Å². The number of ether oxygens (including phenoxy) is 1. The van der Waals surface area contributed by atoms with Gasteiger partial charge in [0.25, 0.3) is 0 Å². The van der Waals surface area contributed by atoms with E-state index in [1.165, 1.54) is 29.6 Å². The number of hydrogen-bond acceptors (Lipinski definition) is 3. The SMILES string of the molecule is COC(=O)c1cc2cc(C)c(C)cc2s1. The molecule has 3 heteroatoms. The predicted molar refractivity (Wildman–Crippen MR) is 62.6 cm³/mol. The van der Waals surface area contributed by atoms with Crippen LogP contribution in [0.4, 0.5) is 0 Å². The lowest BCUT2D eigenvalue weighted by atomic mass is 10.1. The zero-order valence-corrected chi connectivity index (χ0v) is 9.77. The monoisotopic (exact) mass is 220 g/mol. The molecule has 2 nitrogen and oxygen atoms in total. The maximum Gasteiger partial charge on any atom is 0.348 e. The third-order valence-electron chi connectivity index (χ3n) is 2.52. The van der Waals surface area contributed by atoms with Crippen molar-refractivity contribution in [2.45, 2.75) is 13.8 Å². The first-order valence-corrected chi connectivity index (χ1v) is 5.52. The second-order valence-electron chi connectivity index (χ2n) is 3.58. The molecule has 0 N–H and O–H groups in total. The standard InChI is InChI=1S/C12H12O2S/c1-7-4-9-6-11(12(13)14-3)15-10(9)5-8(7)2/h4-6H,1-3H3. The molecule has 0 amide bonds. The lowest BCUT2D eigenvalue weighted by molar-refractivity contribution is 0.0606. The Morgan fingerprint density at radius 2 is 1.87 bits per heavy atom. The molecule has 1 aromatic heterocycles. The fourth-order valence-electron chi connectivity index (χ4n) is 1.50. The Balaban J connectivity index is 2.61. The van der Waals surface area contributed by atoms with Crippen LogP contribution in [0.25, 0.3) is 10.1 Å². The lowest BCUT2D eigenvalue weighted by Gasteiger charge is -1.97. The van der Waals surface area contributed by atoms with Crippen LogP contribution in [0.2, 0.25) is 0 Å². The third kappa shape index (κ3) is 1.75. The van der Waals surface area contributed by atoms with Gasteiger partial charge in [-0.1, -0.05) is 6.07 Å². The summed E-state index contributed by atoms with van der Waals surface area (Å²) in [5.74, 6) is -0.258. The molecule has 15 heavy (non-hydrogen) atoms. The average Bonchev–Trinajstić information content (AvgIpc) is 2.60.